The summed E-state index contributed by atoms with van der Waals surface area (Å²) in [6.45, 7) is 4.16. The van der Waals surface area contributed by atoms with Gasteiger partial charge < -0.3 is 5.32 Å². The number of hydrogen-bond acceptors (Lipinski definition) is 4. The molecule has 0 radical (unpaired) electrons. The molecule has 6 heteroatoms. The third kappa shape index (κ3) is 2.01. The lowest BCUT2D eigenvalue weighted by molar-refractivity contribution is -0.384. The molecule has 0 aromatic carbocycles. The summed E-state index contributed by atoms with van der Waals surface area (Å²) in [6.07, 6.45) is 1.56. The molecular formula is C8H10BrN3O2. The van der Waals surface area contributed by atoms with Crippen LogP contribution in [0.4, 0.5) is 11.5 Å². The first-order valence-corrected chi connectivity index (χ1v) is 4.90. The predicted octanol–water partition coefficient (Wildman–Crippen LogP) is 2.49. The minimum Gasteiger partial charge on any atom is -0.365 e. The molecule has 5 nitrogen and oxygen atoms in total. The highest BCUT2D eigenvalue weighted by Crippen LogP contribution is 2.30. The number of nitrogens with one attached hydrogen (secondary N) is 1. The van der Waals surface area contributed by atoms with Gasteiger partial charge in [-0.3, -0.25) is 10.1 Å². The molecule has 14 heavy (non-hydrogen) atoms. The molecule has 1 aromatic rings. The number of nitrogens with zero attached hydrogens (tertiary/aromatic N) is 2. The highest BCUT2D eigenvalue weighted by atomic mass is 79.9. The van der Waals surface area contributed by atoms with E-state index < -0.39 is 4.92 Å². The van der Waals surface area contributed by atoms with Crippen LogP contribution in [0.15, 0.2) is 10.7 Å². The summed E-state index contributed by atoms with van der Waals surface area (Å²) in [6, 6.07) is 0. The molecule has 0 fully saturated rings. The van der Waals surface area contributed by atoms with E-state index in [0.29, 0.717) is 22.4 Å². The zero-order valence-corrected chi connectivity index (χ0v) is 9.46. The van der Waals surface area contributed by atoms with Gasteiger partial charge in [-0.25, -0.2) is 4.98 Å². The highest BCUT2D eigenvalue weighted by molar-refractivity contribution is 9.10. The van der Waals surface area contributed by atoms with Gasteiger partial charge in [-0.2, -0.15) is 0 Å². The van der Waals surface area contributed by atoms with Gasteiger partial charge in [-0.1, -0.05) is 0 Å². The van der Waals surface area contributed by atoms with Crippen LogP contribution in [0.2, 0.25) is 0 Å². The van der Waals surface area contributed by atoms with E-state index in [-0.39, 0.29) is 5.69 Å². The van der Waals surface area contributed by atoms with Crippen LogP contribution in [-0.2, 0) is 0 Å². The van der Waals surface area contributed by atoms with E-state index in [9.17, 15) is 10.1 Å². The monoisotopic (exact) mass is 259 g/mol. The number of aromatic nitrogens is 1. The van der Waals surface area contributed by atoms with Crippen LogP contribution < -0.4 is 5.32 Å². The van der Waals surface area contributed by atoms with Crippen LogP contribution in [0.5, 0.6) is 0 Å². The average molecular weight is 260 g/mol. The summed E-state index contributed by atoms with van der Waals surface area (Å²) >= 11 is 3.20. The third-order valence-electron chi connectivity index (χ3n) is 1.77. The second-order valence-corrected chi connectivity index (χ2v) is 3.57. The molecule has 0 aliphatic heterocycles. The molecule has 0 saturated carbocycles. The van der Waals surface area contributed by atoms with Crippen LogP contribution >= 0.6 is 15.9 Å². The molecule has 0 bridgehead atoms. The smallest absolute Gasteiger partial charge is 0.315 e. The Morgan fingerprint density at radius 1 is 1.71 bits per heavy atom. The summed E-state index contributed by atoms with van der Waals surface area (Å²) in [5, 5.41) is 13.6. The molecule has 0 unspecified atom stereocenters. The quantitative estimate of drug-likeness (QED) is 0.669. The lowest BCUT2D eigenvalue weighted by atomic mass is 10.2. The van der Waals surface area contributed by atoms with E-state index in [1.54, 1.807) is 13.1 Å². The maximum Gasteiger partial charge on any atom is 0.315 e. The molecule has 1 rings (SSSR count). The van der Waals surface area contributed by atoms with Crippen LogP contribution in [0, 0.1) is 17.0 Å². The van der Waals surface area contributed by atoms with Crippen molar-refractivity contribution in [2.75, 3.05) is 11.9 Å². The molecule has 0 saturated heterocycles. The number of halogens is 1. The Bertz CT molecular complexity index is 368. The van der Waals surface area contributed by atoms with Crippen molar-refractivity contribution in [1.29, 1.82) is 0 Å². The number of anilines is 1. The molecule has 76 valence electrons. The first-order chi connectivity index (χ1) is 6.57. The third-order valence-corrected chi connectivity index (χ3v) is 2.57. The molecular weight excluding hydrogens is 250 g/mol. The Labute approximate surface area is 89.8 Å². The first kappa shape index (κ1) is 10.9. The van der Waals surface area contributed by atoms with Gasteiger partial charge in [-0.05, 0) is 29.8 Å². The van der Waals surface area contributed by atoms with E-state index in [0.717, 1.165) is 0 Å². The molecule has 0 spiro atoms. The van der Waals surface area contributed by atoms with Crippen molar-refractivity contribution in [2.45, 2.75) is 13.8 Å². The Morgan fingerprint density at radius 3 is 2.86 bits per heavy atom. The van der Waals surface area contributed by atoms with Gasteiger partial charge in [0, 0.05) is 22.8 Å². The van der Waals surface area contributed by atoms with Gasteiger partial charge in [-0.15, -0.1) is 0 Å². The summed E-state index contributed by atoms with van der Waals surface area (Å²) < 4.78 is 0.644. The van der Waals surface area contributed by atoms with Crippen LogP contribution in [-0.4, -0.2) is 16.5 Å². The van der Waals surface area contributed by atoms with Gasteiger partial charge >= 0.3 is 5.69 Å². The maximum atomic E-state index is 10.8. The zero-order valence-electron chi connectivity index (χ0n) is 7.87. The van der Waals surface area contributed by atoms with Gasteiger partial charge in [0.15, 0.2) is 0 Å². The molecule has 1 aromatic heterocycles. The predicted molar refractivity (Wildman–Crippen MR) is 57.5 cm³/mol. The van der Waals surface area contributed by atoms with Crippen LogP contribution in [0.25, 0.3) is 0 Å². The summed E-state index contributed by atoms with van der Waals surface area (Å²) in [4.78, 5) is 14.3. The Morgan fingerprint density at radius 2 is 2.36 bits per heavy atom. The number of hydrogen-bond donors (Lipinski definition) is 1. The minimum absolute atomic E-state index is 0.0289. The Balaban J connectivity index is 3.30. The van der Waals surface area contributed by atoms with Crippen molar-refractivity contribution in [2.24, 2.45) is 0 Å². The molecule has 0 amide bonds. The fraction of sp³-hybridized carbons (Fsp3) is 0.375. The lowest BCUT2D eigenvalue weighted by Gasteiger charge is -2.06. The summed E-state index contributed by atoms with van der Waals surface area (Å²) in [7, 11) is 0. The number of pyridine rings is 1. The minimum atomic E-state index is -0.426. The summed E-state index contributed by atoms with van der Waals surface area (Å²) in [5.74, 6) is 0.318. The fourth-order valence-corrected chi connectivity index (χ4v) is 1.38. The fourth-order valence-electron chi connectivity index (χ4n) is 1.09. The van der Waals surface area contributed by atoms with Crippen molar-refractivity contribution in [3.63, 3.8) is 0 Å². The van der Waals surface area contributed by atoms with Crippen molar-refractivity contribution in [3.05, 3.63) is 26.3 Å². The highest BCUT2D eigenvalue weighted by Gasteiger charge is 2.20. The van der Waals surface area contributed by atoms with E-state index in [1.165, 1.54) is 0 Å². The van der Waals surface area contributed by atoms with Gasteiger partial charge in [0.25, 0.3) is 0 Å². The summed E-state index contributed by atoms with van der Waals surface area (Å²) in [5.41, 5.74) is 0.613. The molecule has 1 N–H and O–H groups in total. The molecule has 1 heterocycles. The normalized spacial score (nSPS) is 9.93. The topological polar surface area (TPSA) is 68.1 Å². The lowest BCUT2D eigenvalue weighted by Crippen LogP contribution is -2.05. The standard InChI is InChI=1S/C8H10BrN3O2/c1-3-10-8-7(12(13)14)5(2)6(9)4-11-8/h4H,3H2,1-2H3,(H,10,11). The molecule has 0 aliphatic rings. The average Bonchev–Trinajstić information content (AvgIpc) is 2.11. The van der Waals surface area contributed by atoms with E-state index >= 15 is 0 Å². The largest absolute Gasteiger partial charge is 0.365 e. The Hall–Kier alpha value is -1.17. The van der Waals surface area contributed by atoms with E-state index in [1.807, 2.05) is 6.92 Å². The second kappa shape index (κ2) is 4.36. The van der Waals surface area contributed by atoms with E-state index in [4.69, 9.17) is 0 Å². The van der Waals surface area contributed by atoms with Crippen molar-refractivity contribution in [3.8, 4) is 0 Å². The SMILES string of the molecule is CCNc1ncc(Br)c(C)c1[N+](=O)[O-]. The molecule has 0 atom stereocenters. The van der Waals surface area contributed by atoms with Gasteiger partial charge in [0.05, 0.1) is 4.92 Å². The van der Waals surface area contributed by atoms with Crippen molar-refractivity contribution >= 4 is 27.4 Å². The van der Waals surface area contributed by atoms with Crippen LogP contribution in [0.1, 0.15) is 12.5 Å². The Kier molecular flexibility index (Phi) is 3.40. The zero-order chi connectivity index (χ0) is 10.7. The second-order valence-electron chi connectivity index (χ2n) is 2.72. The van der Waals surface area contributed by atoms with Gasteiger partial charge in [0.2, 0.25) is 5.82 Å². The molecule has 0 aliphatic carbocycles. The first-order valence-electron chi connectivity index (χ1n) is 4.11. The van der Waals surface area contributed by atoms with Crippen LogP contribution in [0.3, 0.4) is 0 Å². The van der Waals surface area contributed by atoms with Crippen molar-refractivity contribution in [1.82, 2.24) is 4.98 Å². The van der Waals surface area contributed by atoms with E-state index in [2.05, 4.69) is 26.2 Å². The van der Waals surface area contributed by atoms with Gasteiger partial charge in [0.1, 0.15) is 0 Å². The number of nitro groups is 1. The maximum absolute atomic E-state index is 10.8. The van der Waals surface area contributed by atoms with Crippen molar-refractivity contribution < 1.29 is 4.92 Å². The number of rotatable bonds is 3.